The van der Waals surface area contributed by atoms with E-state index in [2.05, 4.69) is 25.5 Å². The summed E-state index contributed by atoms with van der Waals surface area (Å²) in [5, 5.41) is 10.1. The molecule has 0 aliphatic rings. The summed E-state index contributed by atoms with van der Waals surface area (Å²) in [6.07, 6.45) is 1.31. The van der Waals surface area contributed by atoms with Gasteiger partial charge in [0, 0.05) is 36.1 Å². The van der Waals surface area contributed by atoms with Crippen LogP contribution in [-0.4, -0.2) is 39.7 Å². The van der Waals surface area contributed by atoms with E-state index in [9.17, 15) is 14.4 Å². The Morgan fingerprint density at radius 3 is 2.21 bits per heavy atom. The molecule has 9 nitrogen and oxygen atoms in total. The van der Waals surface area contributed by atoms with E-state index < -0.39 is 11.9 Å². The Morgan fingerprint density at radius 2 is 1.56 bits per heavy atom. The molecule has 4 aromatic rings. The summed E-state index contributed by atoms with van der Waals surface area (Å²) >= 11 is 0. The number of pyridine rings is 1. The molecule has 0 fully saturated rings. The summed E-state index contributed by atoms with van der Waals surface area (Å²) in [5.74, 6) is -0.671. The number of aromatic nitrogens is 3. The van der Waals surface area contributed by atoms with E-state index in [0.717, 1.165) is 5.56 Å². The number of nitrogens with one attached hydrogen (secondary N) is 2. The zero-order valence-electron chi connectivity index (χ0n) is 18.5. The molecule has 0 saturated carbocycles. The van der Waals surface area contributed by atoms with Crippen LogP contribution >= 0.6 is 0 Å². The first kappa shape index (κ1) is 22.4. The Kier molecular flexibility index (Phi) is 6.45. The molecule has 2 aromatic heterocycles. The minimum Gasteiger partial charge on any atom is -0.464 e. The van der Waals surface area contributed by atoms with Crippen molar-refractivity contribution < 1.29 is 19.1 Å². The highest BCUT2D eigenvalue weighted by molar-refractivity contribution is 6.05. The van der Waals surface area contributed by atoms with Gasteiger partial charge in [0.15, 0.2) is 0 Å². The fraction of sp³-hybridized carbons (Fsp3) is 0.0800. The monoisotopic (exact) mass is 455 g/mol. The van der Waals surface area contributed by atoms with Gasteiger partial charge in [0.05, 0.1) is 18.4 Å². The van der Waals surface area contributed by atoms with Crippen molar-refractivity contribution in [1.82, 2.24) is 14.8 Å². The molecule has 2 amide bonds. The summed E-state index contributed by atoms with van der Waals surface area (Å²) in [6.45, 7) is 0. The number of rotatable bonds is 6. The van der Waals surface area contributed by atoms with Crippen molar-refractivity contribution in [3.8, 4) is 11.3 Å². The molecule has 0 saturated heterocycles. The molecule has 0 spiro atoms. The SMILES string of the molecule is COC(=O)c1ccc(C(=O)Nc2cc(-c3ccc(NC(=O)c4ccccc4)cc3)nn2C)cn1. The summed E-state index contributed by atoms with van der Waals surface area (Å²) in [4.78, 5) is 40.3. The van der Waals surface area contributed by atoms with Crippen molar-refractivity contribution in [2.75, 3.05) is 17.7 Å². The number of aryl methyl sites for hydroxylation is 1. The number of benzene rings is 2. The molecular formula is C25H21N5O4. The number of esters is 1. The number of anilines is 2. The molecule has 2 aromatic carbocycles. The van der Waals surface area contributed by atoms with Gasteiger partial charge in [0.1, 0.15) is 11.5 Å². The second kappa shape index (κ2) is 9.78. The summed E-state index contributed by atoms with van der Waals surface area (Å²) in [7, 11) is 2.98. The molecule has 0 bridgehead atoms. The van der Waals surface area contributed by atoms with E-state index in [0.29, 0.717) is 22.8 Å². The lowest BCUT2D eigenvalue weighted by Gasteiger charge is -2.06. The quantitative estimate of drug-likeness (QED) is 0.428. The van der Waals surface area contributed by atoms with Crippen LogP contribution < -0.4 is 10.6 Å². The Morgan fingerprint density at radius 1 is 0.853 bits per heavy atom. The first-order valence-electron chi connectivity index (χ1n) is 10.3. The van der Waals surface area contributed by atoms with E-state index in [1.54, 1.807) is 42.1 Å². The van der Waals surface area contributed by atoms with Crippen LogP contribution in [0.3, 0.4) is 0 Å². The first-order chi connectivity index (χ1) is 16.4. The van der Waals surface area contributed by atoms with Gasteiger partial charge in [-0.1, -0.05) is 30.3 Å². The zero-order chi connectivity index (χ0) is 24.1. The van der Waals surface area contributed by atoms with Crippen LogP contribution in [-0.2, 0) is 11.8 Å². The Balaban J connectivity index is 1.43. The number of carbonyl (C=O) groups excluding carboxylic acids is 3. The minimum atomic E-state index is -0.575. The van der Waals surface area contributed by atoms with Crippen molar-refractivity contribution in [3.05, 3.63) is 95.8 Å². The summed E-state index contributed by atoms with van der Waals surface area (Å²) in [6, 6.07) is 20.9. The Labute approximate surface area is 195 Å². The molecule has 9 heteroatoms. The number of methoxy groups -OCH3 is 1. The minimum absolute atomic E-state index is 0.116. The van der Waals surface area contributed by atoms with Gasteiger partial charge in [-0.3, -0.25) is 14.3 Å². The van der Waals surface area contributed by atoms with Gasteiger partial charge in [0.25, 0.3) is 11.8 Å². The predicted octanol–water partition coefficient (Wildman–Crippen LogP) is 3.77. The highest BCUT2D eigenvalue weighted by atomic mass is 16.5. The lowest BCUT2D eigenvalue weighted by molar-refractivity contribution is 0.0593. The van der Waals surface area contributed by atoms with Crippen LogP contribution in [0.15, 0.2) is 79.0 Å². The second-order valence-electron chi connectivity index (χ2n) is 7.31. The predicted molar refractivity (Wildman–Crippen MR) is 127 cm³/mol. The fourth-order valence-electron chi connectivity index (χ4n) is 3.18. The van der Waals surface area contributed by atoms with E-state index in [-0.39, 0.29) is 17.2 Å². The van der Waals surface area contributed by atoms with E-state index in [1.165, 1.54) is 25.4 Å². The number of hydrogen-bond donors (Lipinski definition) is 2. The standard InChI is InChI=1S/C25H21N5O4/c1-30-22(28-24(32)18-10-13-20(26-15-18)25(33)34-2)14-21(29-30)16-8-11-19(12-9-16)27-23(31)17-6-4-3-5-7-17/h3-15H,1-2H3,(H,27,31)(H,28,32). The number of nitrogens with zero attached hydrogens (tertiary/aromatic N) is 3. The first-order valence-corrected chi connectivity index (χ1v) is 10.3. The smallest absolute Gasteiger partial charge is 0.356 e. The maximum Gasteiger partial charge on any atom is 0.356 e. The van der Waals surface area contributed by atoms with E-state index in [1.807, 2.05) is 30.3 Å². The van der Waals surface area contributed by atoms with Gasteiger partial charge < -0.3 is 15.4 Å². The van der Waals surface area contributed by atoms with Gasteiger partial charge in [-0.05, 0) is 36.4 Å². The largest absolute Gasteiger partial charge is 0.464 e. The average Bonchev–Trinajstić information content (AvgIpc) is 3.24. The highest BCUT2D eigenvalue weighted by Gasteiger charge is 2.14. The third-order valence-corrected chi connectivity index (χ3v) is 5.02. The van der Waals surface area contributed by atoms with Gasteiger partial charge >= 0.3 is 5.97 Å². The maximum absolute atomic E-state index is 12.6. The normalized spacial score (nSPS) is 10.4. The number of hydrogen-bond acceptors (Lipinski definition) is 6. The van der Waals surface area contributed by atoms with Crippen LogP contribution in [0.5, 0.6) is 0 Å². The summed E-state index contributed by atoms with van der Waals surface area (Å²) in [5.41, 5.74) is 3.10. The molecule has 34 heavy (non-hydrogen) atoms. The second-order valence-corrected chi connectivity index (χ2v) is 7.31. The van der Waals surface area contributed by atoms with Gasteiger partial charge in [-0.15, -0.1) is 0 Å². The average molecular weight is 455 g/mol. The van der Waals surface area contributed by atoms with Crippen LogP contribution in [0.4, 0.5) is 11.5 Å². The van der Waals surface area contributed by atoms with Gasteiger partial charge in [0.2, 0.25) is 0 Å². The third-order valence-electron chi connectivity index (χ3n) is 5.02. The van der Waals surface area contributed by atoms with Crippen molar-refractivity contribution in [2.45, 2.75) is 0 Å². The number of ether oxygens (including phenoxy) is 1. The Bertz CT molecular complexity index is 1330. The molecule has 170 valence electrons. The number of carbonyl (C=O) groups is 3. The van der Waals surface area contributed by atoms with Crippen molar-refractivity contribution in [2.24, 2.45) is 7.05 Å². The van der Waals surface area contributed by atoms with Crippen molar-refractivity contribution >= 4 is 29.3 Å². The highest BCUT2D eigenvalue weighted by Crippen LogP contribution is 2.24. The molecule has 0 atom stereocenters. The van der Waals surface area contributed by atoms with E-state index >= 15 is 0 Å². The lowest BCUT2D eigenvalue weighted by atomic mass is 10.1. The van der Waals surface area contributed by atoms with Gasteiger partial charge in [-0.25, -0.2) is 9.78 Å². The lowest BCUT2D eigenvalue weighted by Crippen LogP contribution is -2.15. The topological polar surface area (TPSA) is 115 Å². The maximum atomic E-state index is 12.6. The molecule has 0 unspecified atom stereocenters. The Hall–Kier alpha value is -4.79. The molecular weight excluding hydrogens is 434 g/mol. The van der Waals surface area contributed by atoms with E-state index in [4.69, 9.17) is 0 Å². The molecule has 0 aliphatic heterocycles. The van der Waals surface area contributed by atoms with Crippen LogP contribution in [0.25, 0.3) is 11.3 Å². The van der Waals surface area contributed by atoms with Crippen LogP contribution in [0.2, 0.25) is 0 Å². The zero-order valence-corrected chi connectivity index (χ0v) is 18.5. The summed E-state index contributed by atoms with van der Waals surface area (Å²) < 4.78 is 6.16. The molecule has 2 N–H and O–H groups in total. The molecule has 0 aliphatic carbocycles. The molecule has 4 rings (SSSR count). The molecule has 0 radical (unpaired) electrons. The molecule has 2 heterocycles. The third kappa shape index (κ3) is 4.99. The fourth-order valence-corrected chi connectivity index (χ4v) is 3.18. The van der Waals surface area contributed by atoms with Gasteiger partial charge in [-0.2, -0.15) is 5.10 Å². The van der Waals surface area contributed by atoms with Crippen LogP contribution in [0, 0.1) is 0 Å². The van der Waals surface area contributed by atoms with Crippen molar-refractivity contribution in [1.29, 1.82) is 0 Å². The van der Waals surface area contributed by atoms with Crippen LogP contribution in [0.1, 0.15) is 31.2 Å². The number of amides is 2. The van der Waals surface area contributed by atoms with Crippen molar-refractivity contribution in [3.63, 3.8) is 0 Å².